The summed E-state index contributed by atoms with van der Waals surface area (Å²) in [5.41, 5.74) is 0.512. The Morgan fingerprint density at radius 3 is 2.12 bits per heavy atom. The molecule has 1 heterocycles. The van der Waals surface area contributed by atoms with Crippen LogP contribution in [0.4, 0.5) is 0 Å². The molecule has 0 bridgehead atoms. The van der Waals surface area contributed by atoms with Gasteiger partial charge < -0.3 is 4.90 Å². The molecular weight excluding hydrogens is 274 g/mol. The summed E-state index contributed by atoms with van der Waals surface area (Å²) in [7, 11) is 0. The Morgan fingerprint density at radius 2 is 1.71 bits per heavy atom. The molecule has 1 fully saturated rings. The van der Waals surface area contributed by atoms with E-state index in [2.05, 4.69) is 41.6 Å². The van der Waals surface area contributed by atoms with Crippen LogP contribution in [0.5, 0.6) is 0 Å². The molecule has 0 saturated carbocycles. The molecule has 1 aliphatic heterocycles. The minimum absolute atomic E-state index is 0.512. The third kappa shape index (κ3) is 4.55. The van der Waals surface area contributed by atoms with Gasteiger partial charge in [-0.2, -0.15) is 0 Å². The molecule has 0 unspecified atom stereocenters. The molecule has 102 valence electrons. The van der Waals surface area contributed by atoms with Crippen molar-refractivity contribution in [2.24, 2.45) is 11.3 Å². The highest BCUT2D eigenvalue weighted by Gasteiger charge is 2.29. The van der Waals surface area contributed by atoms with E-state index < -0.39 is 0 Å². The van der Waals surface area contributed by atoms with E-state index in [1.807, 2.05) is 0 Å². The quantitative estimate of drug-likeness (QED) is 0.616. The molecule has 0 aliphatic carbocycles. The maximum absolute atomic E-state index is 3.73. The first-order valence-corrected chi connectivity index (χ1v) is 8.60. The van der Waals surface area contributed by atoms with Gasteiger partial charge in [0.05, 0.1) is 0 Å². The summed E-state index contributed by atoms with van der Waals surface area (Å²) in [5, 5.41) is 1.15. The monoisotopic (exact) mass is 303 g/mol. The Morgan fingerprint density at radius 1 is 1.12 bits per heavy atom. The smallest absolute Gasteiger partial charge is 0.01000 e. The summed E-state index contributed by atoms with van der Waals surface area (Å²) < 4.78 is 0. The van der Waals surface area contributed by atoms with Gasteiger partial charge in [0, 0.05) is 11.9 Å². The zero-order valence-electron chi connectivity index (χ0n) is 12.0. The molecule has 1 saturated heterocycles. The van der Waals surface area contributed by atoms with Crippen LogP contribution in [0.25, 0.3) is 0 Å². The molecule has 0 spiro atoms. The zero-order chi connectivity index (χ0) is 12.7. The third-order valence-electron chi connectivity index (χ3n) is 4.75. The molecule has 1 aliphatic rings. The minimum atomic E-state index is 0.512. The van der Waals surface area contributed by atoms with Gasteiger partial charge in [0.15, 0.2) is 0 Å². The Balaban J connectivity index is 2.38. The van der Waals surface area contributed by atoms with E-state index >= 15 is 0 Å². The third-order valence-corrected chi connectivity index (χ3v) is 5.94. The molecule has 1 nitrogen and oxygen atoms in total. The van der Waals surface area contributed by atoms with Gasteiger partial charge >= 0.3 is 0 Å². The maximum Gasteiger partial charge on any atom is 0.01000 e. The van der Waals surface area contributed by atoms with Gasteiger partial charge in [-0.15, -0.1) is 0 Å². The highest BCUT2D eigenvalue weighted by molar-refractivity contribution is 9.09. The van der Waals surface area contributed by atoms with Crippen molar-refractivity contribution in [2.75, 3.05) is 25.0 Å². The average Bonchev–Trinajstić information content (AvgIpc) is 2.39. The van der Waals surface area contributed by atoms with Crippen LogP contribution in [0.3, 0.4) is 0 Å². The lowest BCUT2D eigenvalue weighted by molar-refractivity contribution is 0.114. The van der Waals surface area contributed by atoms with E-state index in [1.165, 1.54) is 58.2 Å². The lowest BCUT2D eigenvalue weighted by atomic mass is 9.83. The van der Waals surface area contributed by atoms with Crippen LogP contribution in [0.1, 0.15) is 59.3 Å². The van der Waals surface area contributed by atoms with Gasteiger partial charge in [-0.05, 0) is 50.1 Å². The summed E-state index contributed by atoms with van der Waals surface area (Å²) in [6.07, 6.45) is 8.26. The van der Waals surface area contributed by atoms with Gasteiger partial charge in [0.2, 0.25) is 0 Å². The maximum atomic E-state index is 3.73. The number of piperidine rings is 1. The van der Waals surface area contributed by atoms with Crippen molar-refractivity contribution in [3.8, 4) is 0 Å². The van der Waals surface area contributed by atoms with Gasteiger partial charge in [0.25, 0.3) is 0 Å². The number of hydrogen-bond donors (Lipinski definition) is 0. The van der Waals surface area contributed by atoms with Crippen molar-refractivity contribution in [3.05, 3.63) is 0 Å². The van der Waals surface area contributed by atoms with E-state index in [0.29, 0.717) is 5.41 Å². The van der Waals surface area contributed by atoms with Gasteiger partial charge in [0.1, 0.15) is 0 Å². The van der Waals surface area contributed by atoms with E-state index in [4.69, 9.17) is 0 Å². The lowest BCUT2D eigenvalue weighted by Gasteiger charge is -2.39. The largest absolute Gasteiger partial charge is 0.303 e. The van der Waals surface area contributed by atoms with Crippen LogP contribution < -0.4 is 0 Å². The van der Waals surface area contributed by atoms with Crippen molar-refractivity contribution < 1.29 is 0 Å². The number of rotatable bonds is 7. The first kappa shape index (κ1) is 15.5. The second-order valence-corrected chi connectivity index (χ2v) is 6.41. The number of halogens is 1. The van der Waals surface area contributed by atoms with E-state index in [1.54, 1.807) is 0 Å². The first-order chi connectivity index (χ1) is 8.19. The molecule has 0 amide bonds. The number of likely N-dealkylation sites (tertiary alicyclic amines) is 1. The van der Waals surface area contributed by atoms with Crippen LogP contribution in [-0.2, 0) is 0 Å². The summed E-state index contributed by atoms with van der Waals surface area (Å²) in [6.45, 7) is 11.0. The Hall–Kier alpha value is 0.440. The standard InChI is InChI=1S/C15H30BrN/c1-4-7-14-8-10-17(11-9-14)13-15(5-2,6-3)12-16/h14H,4-13H2,1-3H3. The van der Waals surface area contributed by atoms with Crippen molar-refractivity contribution in [3.63, 3.8) is 0 Å². The molecule has 0 aromatic heterocycles. The van der Waals surface area contributed by atoms with Gasteiger partial charge in [-0.25, -0.2) is 0 Å². The fourth-order valence-electron chi connectivity index (χ4n) is 3.02. The van der Waals surface area contributed by atoms with Crippen molar-refractivity contribution in [2.45, 2.75) is 59.3 Å². The summed E-state index contributed by atoms with van der Waals surface area (Å²) in [6, 6.07) is 0. The van der Waals surface area contributed by atoms with Crippen molar-refractivity contribution in [1.82, 2.24) is 4.90 Å². The summed E-state index contributed by atoms with van der Waals surface area (Å²) in [5.74, 6) is 1.01. The van der Waals surface area contributed by atoms with Crippen LogP contribution in [0.2, 0.25) is 0 Å². The van der Waals surface area contributed by atoms with Crippen LogP contribution >= 0.6 is 15.9 Å². The van der Waals surface area contributed by atoms with Gasteiger partial charge in [-0.1, -0.05) is 49.5 Å². The van der Waals surface area contributed by atoms with Crippen molar-refractivity contribution in [1.29, 1.82) is 0 Å². The minimum Gasteiger partial charge on any atom is -0.303 e. The van der Waals surface area contributed by atoms with E-state index in [-0.39, 0.29) is 0 Å². The molecule has 1 rings (SSSR count). The Labute approximate surface area is 116 Å². The van der Waals surface area contributed by atoms with E-state index in [0.717, 1.165) is 11.2 Å². The SMILES string of the molecule is CCCC1CCN(CC(CC)(CC)CBr)CC1. The predicted molar refractivity (Wildman–Crippen MR) is 80.9 cm³/mol. The fourth-order valence-corrected chi connectivity index (χ4v) is 3.99. The highest BCUT2D eigenvalue weighted by Crippen LogP contribution is 2.32. The summed E-state index contributed by atoms with van der Waals surface area (Å²) in [4.78, 5) is 2.71. The highest BCUT2D eigenvalue weighted by atomic mass is 79.9. The molecule has 2 heteroatoms. The predicted octanol–water partition coefficient (Wildman–Crippen LogP) is 4.70. The number of alkyl halides is 1. The first-order valence-electron chi connectivity index (χ1n) is 7.48. The lowest BCUT2D eigenvalue weighted by Crippen LogP contribution is -2.42. The number of nitrogens with zero attached hydrogens (tertiary/aromatic N) is 1. The second kappa shape index (κ2) is 7.78. The molecular formula is C15H30BrN. The molecule has 0 N–H and O–H groups in total. The summed E-state index contributed by atoms with van der Waals surface area (Å²) >= 11 is 3.73. The van der Waals surface area contributed by atoms with Gasteiger partial charge in [-0.3, -0.25) is 0 Å². The van der Waals surface area contributed by atoms with Crippen LogP contribution in [0.15, 0.2) is 0 Å². The van der Waals surface area contributed by atoms with Crippen LogP contribution in [-0.4, -0.2) is 29.9 Å². The van der Waals surface area contributed by atoms with Crippen LogP contribution in [0, 0.1) is 11.3 Å². The Bertz CT molecular complexity index is 185. The normalized spacial score (nSPS) is 19.8. The molecule has 17 heavy (non-hydrogen) atoms. The topological polar surface area (TPSA) is 3.24 Å². The molecule has 0 aromatic carbocycles. The Kier molecular flexibility index (Phi) is 7.10. The van der Waals surface area contributed by atoms with E-state index in [9.17, 15) is 0 Å². The van der Waals surface area contributed by atoms with Crippen molar-refractivity contribution >= 4 is 15.9 Å². The number of hydrogen-bond acceptors (Lipinski definition) is 1. The molecule has 0 aromatic rings. The molecule has 0 atom stereocenters. The fraction of sp³-hybridized carbons (Fsp3) is 1.00. The zero-order valence-corrected chi connectivity index (χ0v) is 13.6. The second-order valence-electron chi connectivity index (χ2n) is 5.85. The average molecular weight is 304 g/mol. The molecule has 0 radical (unpaired) electrons.